The quantitative estimate of drug-likeness (QED) is 0.618. The first kappa shape index (κ1) is 12.2. The van der Waals surface area contributed by atoms with Crippen molar-refractivity contribution < 1.29 is 4.74 Å². The third kappa shape index (κ3) is 3.09. The first-order chi connectivity index (χ1) is 8.31. The Bertz CT molecular complexity index is 361. The van der Waals surface area contributed by atoms with E-state index in [1.807, 2.05) is 24.3 Å². The first-order valence-corrected chi connectivity index (χ1v) is 6.54. The van der Waals surface area contributed by atoms with Gasteiger partial charge in [-0.15, -0.1) is 0 Å². The number of methoxy groups -OCH3 is 1. The molecule has 0 atom stereocenters. The number of benzene rings is 1. The van der Waals surface area contributed by atoms with Crippen LogP contribution in [0.1, 0.15) is 44.1 Å². The normalized spacial score (nSPS) is 17.5. The highest BCUT2D eigenvalue weighted by atomic mass is 16.5. The van der Waals surface area contributed by atoms with Gasteiger partial charge in [0.15, 0.2) is 0 Å². The molecule has 1 aliphatic rings. The van der Waals surface area contributed by atoms with Crippen LogP contribution < -0.4 is 4.74 Å². The highest BCUT2D eigenvalue weighted by Crippen LogP contribution is 2.26. The van der Waals surface area contributed by atoms with Gasteiger partial charge in [0.05, 0.1) is 7.11 Å². The summed E-state index contributed by atoms with van der Waals surface area (Å²) in [4.78, 5) is 0. The van der Waals surface area contributed by atoms with E-state index in [0.29, 0.717) is 5.92 Å². The van der Waals surface area contributed by atoms with Gasteiger partial charge in [0.25, 0.3) is 0 Å². The summed E-state index contributed by atoms with van der Waals surface area (Å²) >= 11 is 0. The smallest absolute Gasteiger partial charge is 0.118 e. The molecule has 1 aliphatic carbocycles. The van der Waals surface area contributed by atoms with Gasteiger partial charge in [-0.25, -0.2) is 0 Å². The lowest BCUT2D eigenvalue weighted by Gasteiger charge is -2.15. The van der Waals surface area contributed by atoms with Gasteiger partial charge in [-0.3, -0.25) is 0 Å². The van der Waals surface area contributed by atoms with Crippen molar-refractivity contribution in [3.8, 4) is 5.75 Å². The van der Waals surface area contributed by atoms with Crippen LogP contribution >= 0.6 is 0 Å². The third-order valence-electron chi connectivity index (χ3n) is 3.66. The molecule has 1 aromatic rings. The summed E-state index contributed by atoms with van der Waals surface area (Å²) in [6.45, 7) is 0. The highest BCUT2D eigenvalue weighted by molar-refractivity contribution is 6.00. The second kappa shape index (κ2) is 5.85. The van der Waals surface area contributed by atoms with Crippen molar-refractivity contribution >= 4 is 5.71 Å². The van der Waals surface area contributed by atoms with Crippen molar-refractivity contribution in [2.45, 2.75) is 38.5 Å². The Hall–Kier alpha value is -1.31. The Kier molecular flexibility index (Phi) is 4.18. The van der Waals surface area contributed by atoms with Crippen molar-refractivity contribution in [3.63, 3.8) is 0 Å². The molecule has 1 fully saturated rings. The molecule has 92 valence electrons. The Labute approximate surface area is 104 Å². The van der Waals surface area contributed by atoms with Gasteiger partial charge in [-0.2, -0.15) is 0 Å². The zero-order valence-electron chi connectivity index (χ0n) is 10.5. The van der Waals surface area contributed by atoms with Crippen LogP contribution in [0.3, 0.4) is 0 Å². The van der Waals surface area contributed by atoms with Crippen LogP contribution in [0, 0.1) is 11.3 Å². The Morgan fingerprint density at radius 1 is 1.06 bits per heavy atom. The van der Waals surface area contributed by atoms with Gasteiger partial charge in [0.2, 0.25) is 0 Å². The average Bonchev–Trinajstić information content (AvgIpc) is 2.67. The minimum absolute atomic E-state index is 0.464. The fourth-order valence-corrected chi connectivity index (χ4v) is 2.57. The van der Waals surface area contributed by atoms with E-state index >= 15 is 0 Å². The lowest BCUT2D eigenvalue weighted by atomic mass is 9.90. The lowest BCUT2D eigenvalue weighted by Crippen LogP contribution is -2.13. The molecule has 1 N–H and O–H groups in total. The van der Waals surface area contributed by atoms with Crippen molar-refractivity contribution in [2.75, 3.05) is 7.11 Å². The number of hydrogen-bond acceptors (Lipinski definition) is 2. The second-order valence-corrected chi connectivity index (χ2v) is 4.83. The third-order valence-corrected chi connectivity index (χ3v) is 3.66. The maximum absolute atomic E-state index is 8.31. The molecule has 0 unspecified atom stereocenters. The molecule has 17 heavy (non-hydrogen) atoms. The van der Waals surface area contributed by atoms with E-state index in [9.17, 15) is 0 Å². The topological polar surface area (TPSA) is 33.1 Å². The second-order valence-electron chi connectivity index (χ2n) is 4.83. The van der Waals surface area contributed by atoms with Crippen LogP contribution in [-0.2, 0) is 0 Å². The minimum atomic E-state index is 0.464. The summed E-state index contributed by atoms with van der Waals surface area (Å²) < 4.78 is 5.14. The van der Waals surface area contributed by atoms with E-state index in [1.54, 1.807) is 7.11 Å². The molecule has 0 amide bonds. The zero-order chi connectivity index (χ0) is 12.1. The van der Waals surface area contributed by atoms with Gasteiger partial charge < -0.3 is 10.1 Å². The molecule has 0 heterocycles. The predicted octanol–water partition coefficient (Wildman–Crippen LogP) is 4.03. The van der Waals surface area contributed by atoms with Crippen molar-refractivity contribution in [1.29, 1.82) is 5.41 Å². The van der Waals surface area contributed by atoms with Crippen molar-refractivity contribution in [3.05, 3.63) is 29.8 Å². The number of nitrogens with one attached hydrogen (secondary N) is 1. The summed E-state index contributed by atoms with van der Waals surface area (Å²) in [5.41, 5.74) is 1.87. The molecule has 0 spiro atoms. The molecule has 1 saturated carbocycles. The van der Waals surface area contributed by atoms with Crippen LogP contribution in [0.5, 0.6) is 5.75 Å². The molecule has 2 nitrogen and oxygen atoms in total. The highest BCUT2D eigenvalue weighted by Gasteiger charge is 2.18. The van der Waals surface area contributed by atoms with Crippen LogP contribution in [0.15, 0.2) is 24.3 Å². The van der Waals surface area contributed by atoms with Crippen LogP contribution in [0.2, 0.25) is 0 Å². The molecule has 2 rings (SSSR count). The molecule has 1 aromatic carbocycles. The van der Waals surface area contributed by atoms with Gasteiger partial charge >= 0.3 is 0 Å². The fraction of sp³-hybridized carbons (Fsp3) is 0.533. The number of hydrogen-bond donors (Lipinski definition) is 1. The van der Waals surface area contributed by atoms with Gasteiger partial charge in [-0.05, 0) is 42.7 Å². The summed E-state index contributed by atoms with van der Waals surface area (Å²) in [6.07, 6.45) is 7.61. The standard InChI is InChI=1S/C15H21NO/c1-17-14-10-8-13(9-11-14)15(16)12-6-4-2-3-5-7-12/h8-12,16H,2-7H2,1H3. The summed E-state index contributed by atoms with van der Waals surface area (Å²) in [6, 6.07) is 7.90. The first-order valence-electron chi connectivity index (χ1n) is 6.54. The molecule has 0 saturated heterocycles. The molecule has 0 aliphatic heterocycles. The molecule has 2 heteroatoms. The van der Waals surface area contributed by atoms with E-state index in [0.717, 1.165) is 17.0 Å². The molecule has 0 aromatic heterocycles. The zero-order valence-corrected chi connectivity index (χ0v) is 10.5. The maximum Gasteiger partial charge on any atom is 0.118 e. The monoisotopic (exact) mass is 231 g/mol. The fourth-order valence-electron chi connectivity index (χ4n) is 2.57. The maximum atomic E-state index is 8.31. The van der Waals surface area contributed by atoms with E-state index in [-0.39, 0.29) is 0 Å². The minimum Gasteiger partial charge on any atom is -0.497 e. The van der Waals surface area contributed by atoms with Crippen molar-refractivity contribution in [2.24, 2.45) is 5.92 Å². The Morgan fingerprint density at radius 3 is 2.18 bits per heavy atom. The summed E-state index contributed by atoms with van der Waals surface area (Å²) in [5.74, 6) is 1.33. The lowest BCUT2D eigenvalue weighted by molar-refractivity contribution is 0.415. The summed E-state index contributed by atoms with van der Waals surface area (Å²) in [5, 5.41) is 8.31. The summed E-state index contributed by atoms with van der Waals surface area (Å²) in [7, 11) is 1.67. The molecule has 0 bridgehead atoms. The van der Waals surface area contributed by atoms with Crippen LogP contribution in [0.4, 0.5) is 0 Å². The largest absolute Gasteiger partial charge is 0.497 e. The van der Waals surface area contributed by atoms with E-state index < -0.39 is 0 Å². The van der Waals surface area contributed by atoms with Gasteiger partial charge in [0.1, 0.15) is 5.75 Å². The van der Waals surface area contributed by atoms with E-state index in [2.05, 4.69) is 0 Å². The van der Waals surface area contributed by atoms with Crippen LogP contribution in [0.25, 0.3) is 0 Å². The predicted molar refractivity (Wildman–Crippen MR) is 71.0 cm³/mol. The molecular formula is C15H21NO. The van der Waals surface area contributed by atoms with Crippen molar-refractivity contribution in [1.82, 2.24) is 0 Å². The van der Waals surface area contributed by atoms with Gasteiger partial charge in [-0.1, -0.05) is 25.7 Å². The Morgan fingerprint density at radius 2 is 1.65 bits per heavy atom. The molecular weight excluding hydrogens is 210 g/mol. The average molecular weight is 231 g/mol. The molecule has 0 radical (unpaired) electrons. The van der Waals surface area contributed by atoms with E-state index in [1.165, 1.54) is 38.5 Å². The van der Waals surface area contributed by atoms with Gasteiger partial charge in [0, 0.05) is 11.6 Å². The Balaban J connectivity index is 2.06. The van der Waals surface area contributed by atoms with E-state index in [4.69, 9.17) is 10.1 Å². The SMILES string of the molecule is COc1ccc(C(=N)C2CCCCCC2)cc1. The van der Waals surface area contributed by atoms with Crippen LogP contribution in [-0.4, -0.2) is 12.8 Å². The number of ether oxygens (including phenoxy) is 1. The number of rotatable bonds is 3.